The number of ether oxygens (including phenoxy) is 2. The molecule has 1 N–H and O–H groups in total. The highest BCUT2D eigenvalue weighted by Gasteiger charge is 2.34. The summed E-state index contributed by atoms with van der Waals surface area (Å²) in [6.45, 7) is 0.185. The van der Waals surface area contributed by atoms with E-state index in [0.717, 1.165) is 18.2 Å². The van der Waals surface area contributed by atoms with Crippen LogP contribution in [0.25, 0.3) is 6.08 Å². The van der Waals surface area contributed by atoms with Crippen LogP contribution in [0.5, 0.6) is 11.5 Å². The summed E-state index contributed by atoms with van der Waals surface area (Å²) in [6, 6.07) is 24.2. The number of methoxy groups -OCH3 is 1. The number of hydrogen-bond acceptors (Lipinski definition) is 6. The van der Waals surface area contributed by atoms with Crippen LogP contribution in [0, 0.1) is 0 Å². The summed E-state index contributed by atoms with van der Waals surface area (Å²) in [5, 5.41) is 2.49. The predicted octanol–water partition coefficient (Wildman–Crippen LogP) is 5.38. The fraction of sp³-hybridized carbons (Fsp3) is 0.179. The predicted molar refractivity (Wildman–Crippen MR) is 141 cm³/mol. The van der Waals surface area contributed by atoms with Gasteiger partial charge in [0.1, 0.15) is 0 Å². The molecule has 4 rings (SSSR count). The van der Waals surface area contributed by atoms with Crippen LogP contribution >= 0.6 is 11.8 Å². The Kier molecular flexibility index (Phi) is 8.41. The Hall–Kier alpha value is -4.04. The summed E-state index contributed by atoms with van der Waals surface area (Å²) in [4.78, 5) is 39.1. The van der Waals surface area contributed by atoms with Crippen LogP contribution < -0.4 is 14.8 Å². The molecule has 7 nitrogen and oxygen atoms in total. The lowest BCUT2D eigenvalue weighted by atomic mass is 10.1. The summed E-state index contributed by atoms with van der Waals surface area (Å²) in [6.07, 6.45) is 3.16. The van der Waals surface area contributed by atoms with Gasteiger partial charge in [0.25, 0.3) is 17.1 Å². The number of rotatable bonds is 10. The van der Waals surface area contributed by atoms with E-state index in [0.29, 0.717) is 40.6 Å². The third kappa shape index (κ3) is 6.55. The van der Waals surface area contributed by atoms with Crippen molar-refractivity contribution >= 4 is 40.6 Å². The highest BCUT2D eigenvalue weighted by Crippen LogP contribution is 2.34. The van der Waals surface area contributed by atoms with Crippen molar-refractivity contribution in [3.63, 3.8) is 0 Å². The molecule has 0 radical (unpaired) electrons. The second-order valence-corrected chi connectivity index (χ2v) is 9.03. The normalized spacial score (nSPS) is 14.2. The summed E-state index contributed by atoms with van der Waals surface area (Å²) in [7, 11) is 1.50. The lowest BCUT2D eigenvalue weighted by molar-refractivity contribution is -0.122. The van der Waals surface area contributed by atoms with E-state index in [1.54, 1.807) is 36.4 Å². The van der Waals surface area contributed by atoms with Gasteiger partial charge in [-0.05, 0) is 66.1 Å². The smallest absolute Gasteiger partial charge is 0.293 e. The number of benzene rings is 3. The van der Waals surface area contributed by atoms with Gasteiger partial charge in [-0.3, -0.25) is 19.3 Å². The number of thioether (sulfide) groups is 1. The third-order valence-electron chi connectivity index (χ3n) is 5.47. The van der Waals surface area contributed by atoms with Gasteiger partial charge in [-0.15, -0.1) is 0 Å². The van der Waals surface area contributed by atoms with Crippen LogP contribution in [0.15, 0.2) is 83.8 Å². The number of nitrogens with zero attached hydrogens (tertiary/aromatic N) is 1. The number of carbonyl (C=O) groups is 3. The molecule has 184 valence electrons. The van der Waals surface area contributed by atoms with E-state index in [9.17, 15) is 14.4 Å². The molecule has 3 aromatic carbocycles. The third-order valence-corrected chi connectivity index (χ3v) is 6.37. The van der Waals surface area contributed by atoms with Crippen molar-refractivity contribution in [3.8, 4) is 11.5 Å². The number of imide groups is 1. The van der Waals surface area contributed by atoms with Crippen LogP contribution in [0.2, 0.25) is 0 Å². The number of amides is 3. The number of hydrogen-bond donors (Lipinski definition) is 1. The number of anilines is 1. The molecule has 1 fully saturated rings. The lowest BCUT2D eigenvalue weighted by Crippen LogP contribution is -2.29. The maximum atomic E-state index is 12.8. The molecule has 0 aliphatic carbocycles. The molecule has 8 heteroatoms. The Balaban J connectivity index is 1.35. The topological polar surface area (TPSA) is 84.9 Å². The van der Waals surface area contributed by atoms with E-state index in [1.807, 2.05) is 48.5 Å². The molecule has 3 aromatic rings. The van der Waals surface area contributed by atoms with Gasteiger partial charge < -0.3 is 14.8 Å². The average Bonchev–Trinajstić information content (AvgIpc) is 3.16. The molecule has 3 amide bonds. The van der Waals surface area contributed by atoms with E-state index in [1.165, 1.54) is 17.6 Å². The SMILES string of the molecule is COc1cc(/C=C2/SC(=O)N(CCCc3ccccc3)C2=O)ccc1OCC(=O)Nc1ccccc1. The summed E-state index contributed by atoms with van der Waals surface area (Å²) in [5.74, 6) is 0.216. The number of nitrogens with one attached hydrogen (secondary N) is 1. The fourth-order valence-electron chi connectivity index (χ4n) is 3.69. The molecular weight excluding hydrogens is 476 g/mol. The molecule has 1 saturated heterocycles. The zero-order chi connectivity index (χ0) is 25.3. The largest absolute Gasteiger partial charge is 0.493 e. The van der Waals surface area contributed by atoms with Crippen LogP contribution in [0.1, 0.15) is 17.5 Å². The van der Waals surface area contributed by atoms with Gasteiger partial charge in [-0.25, -0.2) is 0 Å². The first-order valence-corrected chi connectivity index (χ1v) is 12.3. The molecule has 36 heavy (non-hydrogen) atoms. The Bertz CT molecular complexity index is 1260. The van der Waals surface area contributed by atoms with E-state index in [-0.39, 0.29) is 23.7 Å². The van der Waals surface area contributed by atoms with Crippen molar-refractivity contribution < 1.29 is 23.9 Å². The van der Waals surface area contributed by atoms with E-state index < -0.39 is 0 Å². The van der Waals surface area contributed by atoms with Crippen molar-refractivity contribution in [2.24, 2.45) is 0 Å². The summed E-state index contributed by atoms with van der Waals surface area (Å²) < 4.78 is 11.0. The first-order chi connectivity index (χ1) is 17.5. The second-order valence-electron chi connectivity index (χ2n) is 8.04. The van der Waals surface area contributed by atoms with Crippen molar-refractivity contribution in [1.29, 1.82) is 0 Å². The Morgan fingerprint density at radius 3 is 2.42 bits per heavy atom. The minimum atomic E-state index is -0.298. The van der Waals surface area contributed by atoms with Crippen molar-refractivity contribution in [1.82, 2.24) is 4.90 Å². The molecular formula is C28H26N2O5S. The Morgan fingerprint density at radius 1 is 0.972 bits per heavy atom. The van der Waals surface area contributed by atoms with Crippen LogP contribution in [-0.4, -0.2) is 42.2 Å². The zero-order valence-corrected chi connectivity index (χ0v) is 20.6. The minimum absolute atomic E-state index is 0.188. The van der Waals surface area contributed by atoms with Gasteiger partial charge in [-0.1, -0.05) is 54.6 Å². The van der Waals surface area contributed by atoms with Gasteiger partial charge in [0, 0.05) is 12.2 Å². The monoisotopic (exact) mass is 502 g/mol. The second kappa shape index (κ2) is 12.1. The number of carbonyl (C=O) groups excluding carboxylic acids is 3. The summed E-state index contributed by atoms with van der Waals surface area (Å²) >= 11 is 0.929. The van der Waals surface area contributed by atoms with E-state index in [4.69, 9.17) is 9.47 Å². The van der Waals surface area contributed by atoms with Crippen molar-refractivity contribution in [2.75, 3.05) is 25.6 Å². The van der Waals surface area contributed by atoms with Crippen LogP contribution in [0.3, 0.4) is 0 Å². The maximum absolute atomic E-state index is 12.8. The van der Waals surface area contributed by atoms with Gasteiger partial charge in [0.05, 0.1) is 12.0 Å². The average molecular weight is 503 g/mol. The highest BCUT2D eigenvalue weighted by atomic mass is 32.2. The van der Waals surface area contributed by atoms with Gasteiger partial charge >= 0.3 is 0 Å². The molecule has 0 saturated carbocycles. The van der Waals surface area contributed by atoms with Crippen molar-refractivity contribution in [3.05, 3.63) is 94.9 Å². The first-order valence-electron chi connectivity index (χ1n) is 11.5. The Labute approximate surface area is 214 Å². The van der Waals surface area contributed by atoms with E-state index in [2.05, 4.69) is 5.32 Å². The van der Waals surface area contributed by atoms with E-state index >= 15 is 0 Å². The quantitative estimate of drug-likeness (QED) is 0.375. The standard InChI is InChI=1S/C28H26N2O5S/c1-34-24-17-21(14-15-23(24)35-19-26(31)29-22-12-6-3-7-13-22)18-25-27(32)30(28(33)36-25)16-8-11-20-9-4-2-5-10-20/h2-7,9-10,12-15,17-18H,8,11,16,19H2,1H3,(H,29,31)/b25-18+. The minimum Gasteiger partial charge on any atom is -0.493 e. The molecule has 0 atom stereocenters. The highest BCUT2D eigenvalue weighted by molar-refractivity contribution is 8.18. The Morgan fingerprint density at radius 2 is 1.69 bits per heavy atom. The molecule has 0 unspecified atom stereocenters. The summed E-state index contributed by atoms with van der Waals surface area (Å²) in [5.41, 5.74) is 2.54. The first kappa shape index (κ1) is 25.1. The van der Waals surface area contributed by atoms with Gasteiger partial charge in [-0.2, -0.15) is 0 Å². The lowest BCUT2D eigenvalue weighted by Gasteiger charge is -2.12. The number of para-hydroxylation sites is 1. The van der Waals surface area contributed by atoms with Crippen LogP contribution in [-0.2, 0) is 16.0 Å². The molecule has 0 bridgehead atoms. The molecule has 1 aliphatic rings. The molecule has 1 aliphatic heterocycles. The molecule has 1 heterocycles. The fourth-order valence-corrected chi connectivity index (χ4v) is 4.55. The van der Waals surface area contributed by atoms with Crippen LogP contribution in [0.4, 0.5) is 10.5 Å². The van der Waals surface area contributed by atoms with Gasteiger partial charge in [0.15, 0.2) is 18.1 Å². The van der Waals surface area contributed by atoms with Crippen molar-refractivity contribution in [2.45, 2.75) is 12.8 Å². The molecule has 0 spiro atoms. The maximum Gasteiger partial charge on any atom is 0.293 e. The number of aryl methyl sites for hydroxylation is 1. The van der Waals surface area contributed by atoms with Gasteiger partial charge in [0.2, 0.25) is 0 Å². The zero-order valence-electron chi connectivity index (χ0n) is 19.8. The molecule has 0 aromatic heterocycles.